The molecule has 0 unspecified atom stereocenters. The maximum Gasteiger partial charge on any atom is 0.141 e. The Hall–Kier alpha value is -2.20. The van der Waals surface area contributed by atoms with E-state index in [4.69, 9.17) is 11.1 Å². The molecular weight excluding hydrogens is 248 g/mol. The van der Waals surface area contributed by atoms with E-state index in [1.54, 1.807) is 6.20 Å². The van der Waals surface area contributed by atoms with Crippen LogP contribution in [0.5, 0.6) is 0 Å². The van der Waals surface area contributed by atoms with Crippen molar-refractivity contribution in [3.05, 3.63) is 65.0 Å². The Bertz CT molecular complexity index is 590. The van der Waals surface area contributed by atoms with Gasteiger partial charge in [-0.2, -0.15) is 0 Å². The predicted octanol–water partition coefficient (Wildman–Crippen LogP) is 2.31. The molecular formula is C16H20N4. The first-order valence-corrected chi connectivity index (χ1v) is 6.58. The van der Waals surface area contributed by atoms with E-state index in [1.165, 1.54) is 11.1 Å². The third-order valence-electron chi connectivity index (χ3n) is 3.13. The van der Waals surface area contributed by atoms with E-state index in [9.17, 15) is 0 Å². The summed E-state index contributed by atoms with van der Waals surface area (Å²) in [5.74, 6) is 0.00744. The highest BCUT2D eigenvalue weighted by Gasteiger charge is 2.04. The average molecular weight is 268 g/mol. The Morgan fingerprint density at radius 3 is 2.45 bits per heavy atom. The third-order valence-corrected chi connectivity index (χ3v) is 3.13. The van der Waals surface area contributed by atoms with Crippen molar-refractivity contribution < 1.29 is 0 Å². The molecule has 0 fully saturated rings. The molecule has 1 heterocycles. The van der Waals surface area contributed by atoms with Crippen molar-refractivity contribution in [1.29, 1.82) is 5.41 Å². The van der Waals surface area contributed by atoms with Gasteiger partial charge in [0.1, 0.15) is 11.5 Å². The first kappa shape index (κ1) is 14.2. The molecule has 1 aromatic heterocycles. The smallest absolute Gasteiger partial charge is 0.141 e. The minimum Gasteiger partial charge on any atom is -0.382 e. The lowest BCUT2D eigenvalue weighted by Crippen LogP contribution is -2.18. The number of amidine groups is 1. The second kappa shape index (κ2) is 6.30. The summed E-state index contributed by atoms with van der Waals surface area (Å²) in [4.78, 5) is 6.30. The van der Waals surface area contributed by atoms with Gasteiger partial charge in [-0.15, -0.1) is 0 Å². The summed E-state index contributed by atoms with van der Waals surface area (Å²) in [5, 5.41) is 7.42. The SMILES string of the molecule is Cc1ccc(CN(C)Cc2ccnc(C(=N)N)c2)cc1. The first-order valence-electron chi connectivity index (χ1n) is 6.58. The number of aromatic nitrogens is 1. The van der Waals surface area contributed by atoms with Crippen LogP contribution in [0.15, 0.2) is 42.6 Å². The fourth-order valence-electron chi connectivity index (χ4n) is 2.09. The summed E-state index contributed by atoms with van der Waals surface area (Å²) < 4.78 is 0. The molecule has 4 nitrogen and oxygen atoms in total. The van der Waals surface area contributed by atoms with Crippen LogP contribution in [-0.4, -0.2) is 22.8 Å². The van der Waals surface area contributed by atoms with E-state index in [0.29, 0.717) is 5.69 Å². The molecule has 1 aromatic carbocycles. The molecule has 4 heteroatoms. The van der Waals surface area contributed by atoms with Gasteiger partial charge in [0.25, 0.3) is 0 Å². The number of hydrogen-bond acceptors (Lipinski definition) is 3. The van der Waals surface area contributed by atoms with Gasteiger partial charge in [-0.25, -0.2) is 0 Å². The van der Waals surface area contributed by atoms with Gasteiger partial charge in [0.15, 0.2) is 0 Å². The quantitative estimate of drug-likeness (QED) is 0.646. The molecule has 0 aliphatic heterocycles. The van der Waals surface area contributed by atoms with Gasteiger partial charge in [-0.1, -0.05) is 29.8 Å². The van der Waals surface area contributed by atoms with Gasteiger partial charge in [0.2, 0.25) is 0 Å². The van der Waals surface area contributed by atoms with Crippen molar-refractivity contribution in [2.75, 3.05) is 7.05 Å². The van der Waals surface area contributed by atoms with Gasteiger partial charge < -0.3 is 5.73 Å². The topological polar surface area (TPSA) is 66.0 Å². The molecule has 0 saturated heterocycles. The number of rotatable bonds is 5. The summed E-state index contributed by atoms with van der Waals surface area (Å²) in [7, 11) is 2.08. The molecule has 0 bridgehead atoms. The number of nitrogens with zero attached hydrogens (tertiary/aromatic N) is 2. The van der Waals surface area contributed by atoms with Crippen molar-refractivity contribution in [1.82, 2.24) is 9.88 Å². The molecule has 0 saturated carbocycles. The predicted molar refractivity (Wildman–Crippen MR) is 81.6 cm³/mol. The van der Waals surface area contributed by atoms with Crippen LogP contribution in [0, 0.1) is 12.3 Å². The standard InChI is InChI=1S/C16H20N4/c1-12-3-5-13(6-4-12)10-20(2)11-14-7-8-19-15(9-14)16(17)18/h3-9H,10-11H2,1-2H3,(H3,17,18). The molecule has 0 aliphatic rings. The zero-order valence-corrected chi connectivity index (χ0v) is 11.9. The van der Waals surface area contributed by atoms with Crippen molar-refractivity contribution in [2.45, 2.75) is 20.0 Å². The average Bonchev–Trinajstić information content (AvgIpc) is 2.41. The molecule has 104 valence electrons. The molecule has 0 spiro atoms. The monoisotopic (exact) mass is 268 g/mol. The number of nitrogens with one attached hydrogen (secondary N) is 1. The first-order chi connectivity index (χ1) is 9.54. The summed E-state index contributed by atoms with van der Waals surface area (Å²) in [6.45, 7) is 3.78. The summed E-state index contributed by atoms with van der Waals surface area (Å²) >= 11 is 0. The normalized spacial score (nSPS) is 10.8. The molecule has 3 N–H and O–H groups in total. The molecule has 0 aliphatic carbocycles. The minimum absolute atomic E-state index is 0.00744. The summed E-state index contributed by atoms with van der Waals surface area (Å²) in [6.07, 6.45) is 1.70. The van der Waals surface area contributed by atoms with E-state index in [2.05, 4.69) is 48.1 Å². The highest BCUT2D eigenvalue weighted by atomic mass is 15.1. The van der Waals surface area contributed by atoms with Gasteiger partial charge in [0.05, 0.1) is 0 Å². The summed E-state index contributed by atoms with van der Waals surface area (Å²) in [5.41, 5.74) is 9.67. The lowest BCUT2D eigenvalue weighted by atomic mass is 10.1. The Labute approximate surface area is 119 Å². The van der Waals surface area contributed by atoms with E-state index in [0.717, 1.165) is 18.7 Å². The second-order valence-corrected chi connectivity index (χ2v) is 5.12. The van der Waals surface area contributed by atoms with Gasteiger partial charge in [-0.05, 0) is 37.2 Å². The Morgan fingerprint density at radius 1 is 1.15 bits per heavy atom. The summed E-state index contributed by atoms with van der Waals surface area (Å²) in [6, 6.07) is 12.4. The number of benzene rings is 1. The van der Waals surface area contributed by atoms with Crippen LogP contribution in [0.3, 0.4) is 0 Å². The molecule has 2 aromatic rings. The largest absolute Gasteiger partial charge is 0.382 e. The van der Waals surface area contributed by atoms with Crippen molar-refractivity contribution in [2.24, 2.45) is 5.73 Å². The van der Waals surface area contributed by atoms with Crippen LogP contribution < -0.4 is 5.73 Å². The lowest BCUT2D eigenvalue weighted by molar-refractivity contribution is 0.319. The molecule has 2 rings (SSSR count). The number of nitrogens with two attached hydrogens (primary N) is 1. The third kappa shape index (κ3) is 3.90. The highest BCUT2D eigenvalue weighted by Crippen LogP contribution is 2.10. The number of hydrogen-bond donors (Lipinski definition) is 2. The van der Waals surface area contributed by atoms with Crippen LogP contribution in [0.4, 0.5) is 0 Å². The Kier molecular flexibility index (Phi) is 4.48. The zero-order valence-electron chi connectivity index (χ0n) is 11.9. The lowest BCUT2D eigenvalue weighted by Gasteiger charge is -2.17. The number of aryl methyl sites for hydroxylation is 1. The van der Waals surface area contributed by atoms with Crippen molar-refractivity contribution >= 4 is 5.84 Å². The van der Waals surface area contributed by atoms with Gasteiger partial charge in [0, 0.05) is 19.3 Å². The van der Waals surface area contributed by atoms with Crippen LogP contribution in [0.25, 0.3) is 0 Å². The fourth-order valence-corrected chi connectivity index (χ4v) is 2.09. The van der Waals surface area contributed by atoms with Crippen molar-refractivity contribution in [3.8, 4) is 0 Å². The van der Waals surface area contributed by atoms with Crippen molar-refractivity contribution in [3.63, 3.8) is 0 Å². The highest BCUT2D eigenvalue weighted by molar-refractivity contribution is 5.93. The van der Waals surface area contributed by atoms with E-state index >= 15 is 0 Å². The van der Waals surface area contributed by atoms with E-state index in [1.807, 2.05) is 12.1 Å². The van der Waals surface area contributed by atoms with Gasteiger partial charge in [-0.3, -0.25) is 15.3 Å². The number of pyridine rings is 1. The molecule has 0 radical (unpaired) electrons. The minimum atomic E-state index is 0.00744. The van der Waals surface area contributed by atoms with E-state index < -0.39 is 0 Å². The van der Waals surface area contributed by atoms with Crippen LogP contribution in [0.2, 0.25) is 0 Å². The van der Waals surface area contributed by atoms with Crippen LogP contribution in [-0.2, 0) is 13.1 Å². The van der Waals surface area contributed by atoms with Crippen LogP contribution in [0.1, 0.15) is 22.4 Å². The Balaban J connectivity index is 2.00. The molecule has 20 heavy (non-hydrogen) atoms. The zero-order chi connectivity index (χ0) is 14.5. The molecule has 0 atom stereocenters. The number of nitrogen functional groups attached to an aromatic ring is 1. The maximum absolute atomic E-state index is 7.42. The molecule has 0 amide bonds. The van der Waals surface area contributed by atoms with Crippen LogP contribution >= 0.6 is 0 Å². The second-order valence-electron chi connectivity index (χ2n) is 5.12. The fraction of sp³-hybridized carbons (Fsp3) is 0.250. The van der Waals surface area contributed by atoms with E-state index in [-0.39, 0.29) is 5.84 Å². The Morgan fingerprint density at radius 2 is 1.80 bits per heavy atom. The van der Waals surface area contributed by atoms with Gasteiger partial charge >= 0.3 is 0 Å². The maximum atomic E-state index is 7.42.